The molecule has 1 aromatic carbocycles. The average Bonchev–Trinajstić information content (AvgIpc) is 3.11. The van der Waals surface area contributed by atoms with Crippen molar-refractivity contribution in [2.24, 2.45) is 11.1 Å². The summed E-state index contributed by atoms with van der Waals surface area (Å²) in [5.41, 5.74) is 6.71. The molecule has 1 saturated heterocycles. The molecule has 0 bridgehead atoms. The fourth-order valence-corrected chi connectivity index (χ4v) is 3.46. The molecule has 110 valence electrons. The van der Waals surface area contributed by atoms with Crippen LogP contribution in [0.1, 0.15) is 19.3 Å². The van der Waals surface area contributed by atoms with E-state index in [4.69, 9.17) is 15.6 Å². The van der Waals surface area contributed by atoms with Crippen LogP contribution in [0.3, 0.4) is 0 Å². The van der Waals surface area contributed by atoms with Crippen LogP contribution in [0.15, 0.2) is 23.1 Å². The van der Waals surface area contributed by atoms with Gasteiger partial charge < -0.3 is 15.8 Å². The van der Waals surface area contributed by atoms with Crippen molar-refractivity contribution >= 4 is 21.4 Å². The lowest BCUT2D eigenvalue weighted by Gasteiger charge is -2.22. The fourth-order valence-electron chi connectivity index (χ4n) is 2.77. The first-order valence-corrected chi connectivity index (χ1v) is 8.31. The molecule has 7 heteroatoms. The summed E-state index contributed by atoms with van der Waals surface area (Å²) in [6.45, 7) is 0.730. The predicted octanol–water partition coefficient (Wildman–Crippen LogP) is 0.896. The van der Waals surface area contributed by atoms with E-state index in [1.807, 2.05) is 0 Å². The maximum absolute atomic E-state index is 11.5. The zero-order valence-electron chi connectivity index (χ0n) is 11.1. The van der Waals surface area contributed by atoms with E-state index in [0.717, 1.165) is 13.0 Å². The first-order valence-electron chi connectivity index (χ1n) is 6.76. The third-order valence-corrected chi connectivity index (χ3v) is 4.90. The standard InChI is InChI=1S/C13H19N3O3S/c14-12-9(2-1-3-11(12)20(15,17)18)16-10-6-7-19-13(10)8-4-5-8/h1-3,8,10,13,16H,4-7,14H2,(H2,15,17,18). The number of hydrogen-bond donors (Lipinski definition) is 3. The molecule has 20 heavy (non-hydrogen) atoms. The molecule has 1 aromatic rings. The highest BCUT2D eigenvalue weighted by molar-refractivity contribution is 7.89. The number of nitrogens with two attached hydrogens (primary N) is 2. The number of benzene rings is 1. The second-order valence-electron chi connectivity index (χ2n) is 5.47. The summed E-state index contributed by atoms with van der Waals surface area (Å²) < 4.78 is 28.7. The fraction of sp³-hybridized carbons (Fsp3) is 0.538. The van der Waals surface area contributed by atoms with Gasteiger partial charge in [0.2, 0.25) is 10.0 Å². The average molecular weight is 297 g/mol. The quantitative estimate of drug-likeness (QED) is 0.716. The van der Waals surface area contributed by atoms with Crippen molar-refractivity contribution in [3.05, 3.63) is 18.2 Å². The lowest BCUT2D eigenvalue weighted by atomic mass is 10.1. The molecular formula is C13H19N3O3S. The van der Waals surface area contributed by atoms with Gasteiger partial charge in [0, 0.05) is 6.61 Å². The van der Waals surface area contributed by atoms with Crippen LogP contribution in [-0.4, -0.2) is 27.2 Å². The van der Waals surface area contributed by atoms with Gasteiger partial charge in [-0.25, -0.2) is 13.6 Å². The number of primary sulfonamides is 1. The molecule has 0 radical (unpaired) electrons. The molecule has 1 aliphatic carbocycles. The van der Waals surface area contributed by atoms with E-state index in [-0.39, 0.29) is 22.7 Å². The maximum atomic E-state index is 11.5. The highest BCUT2D eigenvalue weighted by Crippen LogP contribution is 2.40. The summed E-state index contributed by atoms with van der Waals surface area (Å²) in [5, 5.41) is 8.48. The molecule has 5 N–H and O–H groups in total. The summed E-state index contributed by atoms with van der Waals surface area (Å²) in [5.74, 6) is 0.623. The summed E-state index contributed by atoms with van der Waals surface area (Å²) in [7, 11) is -3.80. The van der Waals surface area contributed by atoms with Crippen LogP contribution in [0.5, 0.6) is 0 Å². The zero-order chi connectivity index (χ0) is 14.3. The van der Waals surface area contributed by atoms with Crippen LogP contribution in [-0.2, 0) is 14.8 Å². The van der Waals surface area contributed by atoms with Crippen molar-refractivity contribution < 1.29 is 13.2 Å². The Kier molecular flexibility index (Phi) is 3.35. The molecule has 0 amide bonds. The van der Waals surface area contributed by atoms with Crippen LogP contribution < -0.4 is 16.2 Å². The van der Waals surface area contributed by atoms with Gasteiger partial charge in [-0.05, 0) is 37.3 Å². The Labute approximate surface area is 118 Å². The Morgan fingerprint density at radius 3 is 2.65 bits per heavy atom. The lowest BCUT2D eigenvalue weighted by Crippen LogP contribution is -2.31. The van der Waals surface area contributed by atoms with E-state index in [9.17, 15) is 8.42 Å². The van der Waals surface area contributed by atoms with Crippen molar-refractivity contribution in [2.45, 2.75) is 36.3 Å². The molecule has 0 spiro atoms. The predicted molar refractivity (Wildman–Crippen MR) is 76.7 cm³/mol. The number of rotatable bonds is 4. The SMILES string of the molecule is Nc1c(NC2CCOC2C2CC2)cccc1S(N)(=O)=O. The number of sulfonamides is 1. The largest absolute Gasteiger partial charge is 0.396 e. The Morgan fingerprint density at radius 2 is 2.00 bits per heavy atom. The molecule has 3 rings (SSSR count). The third-order valence-electron chi connectivity index (χ3n) is 3.94. The van der Waals surface area contributed by atoms with Crippen molar-refractivity contribution in [3.63, 3.8) is 0 Å². The highest BCUT2D eigenvalue weighted by atomic mass is 32.2. The Hall–Kier alpha value is -1.31. The van der Waals surface area contributed by atoms with Gasteiger partial charge in [-0.2, -0.15) is 0 Å². The number of nitrogen functional groups attached to an aromatic ring is 1. The van der Waals surface area contributed by atoms with Crippen molar-refractivity contribution in [2.75, 3.05) is 17.7 Å². The second kappa shape index (κ2) is 4.91. The van der Waals surface area contributed by atoms with Crippen LogP contribution >= 0.6 is 0 Å². The number of para-hydroxylation sites is 1. The van der Waals surface area contributed by atoms with Gasteiger partial charge >= 0.3 is 0 Å². The van der Waals surface area contributed by atoms with Gasteiger partial charge in [0.15, 0.2) is 0 Å². The van der Waals surface area contributed by atoms with E-state index in [1.54, 1.807) is 12.1 Å². The molecule has 2 unspecified atom stereocenters. The monoisotopic (exact) mass is 297 g/mol. The van der Waals surface area contributed by atoms with E-state index >= 15 is 0 Å². The van der Waals surface area contributed by atoms with Gasteiger partial charge in [-0.3, -0.25) is 0 Å². The van der Waals surface area contributed by atoms with Crippen LogP contribution in [0.25, 0.3) is 0 Å². The molecule has 2 atom stereocenters. The lowest BCUT2D eigenvalue weighted by molar-refractivity contribution is 0.0898. The van der Waals surface area contributed by atoms with E-state index in [2.05, 4.69) is 5.32 Å². The molecule has 2 fully saturated rings. The van der Waals surface area contributed by atoms with Crippen molar-refractivity contribution in [3.8, 4) is 0 Å². The summed E-state index contributed by atoms with van der Waals surface area (Å²) >= 11 is 0. The Balaban J connectivity index is 1.84. The zero-order valence-corrected chi connectivity index (χ0v) is 11.9. The minimum absolute atomic E-state index is 0.0376. The van der Waals surface area contributed by atoms with Gasteiger partial charge in [0.25, 0.3) is 0 Å². The highest BCUT2D eigenvalue weighted by Gasteiger charge is 2.40. The normalized spacial score (nSPS) is 26.6. The smallest absolute Gasteiger partial charge is 0.240 e. The van der Waals surface area contributed by atoms with Crippen molar-refractivity contribution in [1.29, 1.82) is 0 Å². The minimum atomic E-state index is -3.80. The van der Waals surface area contributed by atoms with Gasteiger partial charge in [0.05, 0.1) is 23.5 Å². The minimum Gasteiger partial charge on any atom is -0.396 e. The van der Waals surface area contributed by atoms with Gasteiger partial charge in [-0.15, -0.1) is 0 Å². The molecular weight excluding hydrogens is 278 g/mol. The molecule has 1 heterocycles. The van der Waals surface area contributed by atoms with E-state index in [1.165, 1.54) is 18.9 Å². The molecule has 1 saturated carbocycles. The number of nitrogens with one attached hydrogen (secondary N) is 1. The molecule has 1 aliphatic heterocycles. The number of anilines is 2. The van der Waals surface area contributed by atoms with Gasteiger partial charge in [-0.1, -0.05) is 6.07 Å². The van der Waals surface area contributed by atoms with Crippen molar-refractivity contribution in [1.82, 2.24) is 0 Å². The second-order valence-corrected chi connectivity index (χ2v) is 7.00. The summed E-state index contributed by atoms with van der Waals surface area (Å²) in [6, 6.07) is 5.01. The van der Waals surface area contributed by atoms with E-state index < -0.39 is 10.0 Å². The number of ether oxygens (including phenoxy) is 1. The third kappa shape index (κ3) is 2.61. The van der Waals surface area contributed by atoms with Crippen LogP contribution in [0.2, 0.25) is 0 Å². The first kappa shape index (κ1) is 13.7. The topological polar surface area (TPSA) is 107 Å². The van der Waals surface area contributed by atoms with Crippen LogP contribution in [0, 0.1) is 5.92 Å². The number of hydrogen-bond acceptors (Lipinski definition) is 5. The first-order chi connectivity index (χ1) is 9.47. The summed E-state index contributed by atoms with van der Waals surface area (Å²) in [6.07, 6.45) is 3.51. The maximum Gasteiger partial charge on any atom is 0.240 e. The van der Waals surface area contributed by atoms with E-state index in [0.29, 0.717) is 11.6 Å². The Bertz CT molecular complexity index is 613. The Morgan fingerprint density at radius 1 is 1.25 bits per heavy atom. The van der Waals surface area contributed by atoms with Gasteiger partial charge in [0.1, 0.15) is 4.90 Å². The molecule has 6 nitrogen and oxygen atoms in total. The molecule has 0 aromatic heterocycles. The van der Waals surface area contributed by atoms with Crippen LogP contribution in [0.4, 0.5) is 11.4 Å². The summed E-state index contributed by atoms with van der Waals surface area (Å²) in [4.78, 5) is -0.0376. The molecule has 2 aliphatic rings.